The van der Waals surface area contributed by atoms with E-state index in [1.165, 1.54) is 7.11 Å². The van der Waals surface area contributed by atoms with E-state index < -0.39 is 28.1 Å². The lowest BCUT2D eigenvalue weighted by molar-refractivity contribution is -0.144. The van der Waals surface area contributed by atoms with Crippen LogP contribution in [0.1, 0.15) is 19.3 Å². The number of methoxy groups -OCH3 is 1. The predicted molar refractivity (Wildman–Crippen MR) is 67.7 cm³/mol. The van der Waals surface area contributed by atoms with Gasteiger partial charge in [-0.2, -0.15) is 17.9 Å². The van der Waals surface area contributed by atoms with Gasteiger partial charge in [-0.15, -0.1) is 0 Å². The Balaban J connectivity index is 1.99. The van der Waals surface area contributed by atoms with Crippen LogP contribution in [0.25, 0.3) is 0 Å². The molecule has 0 aromatic heterocycles. The molecule has 4 atom stereocenters. The summed E-state index contributed by atoms with van der Waals surface area (Å²) in [6, 6.07) is -0.490. The van der Waals surface area contributed by atoms with Gasteiger partial charge < -0.3 is 9.84 Å². The van der Waals surface area contributed by atoms with Crippen LogP contribution >= 0.6 is 0 Å². The van der Waals surface area contributed by atoms with Gasteiger partial charge in [0, 0.05) is 19.7 Å². The number of rotatable bonds is 7. The molecule has 0 aromatic rings. The van der Waals surface area contributed by atoms with E-state index in [1.807, 2.05) is 0 Å². The van der Waals surface area contributed by atoms with Crippen LogP contribution in [0.3, 0.4) is 0 Å². The molecule has 2 fully saturated rings. The summed E-state index contributed by atoms with van der Waals surface area (Å²) < 4.78 is 33.3. The second kappa shape index (κ2) is 5.74. The van der Waals surface area contributed by atoms with Crippen LogP contribution in [0.2, 0.25) is 0 Å². The van der Waals surface area contributed by atoms with Gasteiger partial charge in [-0.1, -0.05) is 0 Å². The molecule has 4 unspecified atom stereocenters. The number of hydrogen-bond donors (Lipinski definition) is 3. The Kier molecular flexibility index (Phi) is 4.44. The molecule has 0 aromatic carbocycles. The van der Waals surface area contributed by atoms with Crippen LogP contribution in [0, 0.1) is 17.8 Å². The molecular weight excluding hydrogens is 272 g/mol. The standard InChI is InChI=1S/C11H20N2O5S/c1-18-5-4-12-19(16,17)13-10-8-3-2-7(6-8)9(10)11(14)15/h7-10,12-13H,2-6H2,1H3,(H,14,15). The maximum atomic E-state index is 11.8. The molecule has 2 bridgehead atoms. The first-order valence-corrected chi connectivity index (χ1v) is 7.91. The van der Waals surface area contributed by atoms with Crippen molar-refractivity contribution in [1.82, 2.24) is 9.44 Å². The second-order valence-electron chi connectivity index (χ2n) is 5.23. The van der Waals surface area contributed by atoms with Crippen LogP contribution in [0.4, 0.5) is 0 Å². The van der Waals surface area contributed by atoms with Crippen LogP contribution in [-0.2, 0) is 19.7 Å². The molecule has 2 aliphatic carbocycles. The molecule has 0 amide bonds. The summed E-state index contributed by atoms with van der Waals surface area (Å²) in [5.74, 6) is -1.26. The molecule has 7 nitrogen and oxygen atoms in total. The molecule has 0 spiro atoms. The zero-order valence-electron chi connectivity index (χ0n) is 10.8. The van der Waals surface area contributed by atoms with E-state index in [2.05, 4.69) is 9.44 Å². The maximum absolute atomic E-state index is 11.8. The third-order valence-electron chi connectivity index (χ3n) is 4.09. The van der Waals surface area contributed by atoms with Crippen LogP contribution < -0.4 is 9.44 Å². The summed E-state index contributed by atoms with van der Waals surface area (Å²) in [5.41, 5.74) is 0. The number of fused-ring (bicyclic) bond motifs is 2. The fraction of sp³-hybridized carbons (Fsp3) is 0.909. The average Bonchev–Trinajstić information content (AvgIpc) is 2.88. The van der Waals surface area contributed by atoms with Gasteiger partial charge in [0.05, 0.1) is 12.5 Å². The van der Waals surface area contributed by atoms with Crippen molar-refractivity contribution in [2.75, 3.05) is 20.3 Å². The summed E-state index contributed by atoms with van der Waals surface area (Å²) >= 11 is 0. The summed E-state index contributed by atoms with van der Waals surface area (Å²) in [6.45, 7) is 0.449. The maximum Gasteiger partial charge on any atom is 0.308 e. The van der Waals surface area contributed by atoms with Crippen molar-refractivity contribution >= 4 is 16.2 Å². The summed E-state index contributed by atoms with van der Waals surface area (Å²) in [6.07, 6.45) is 2.60. The quantitative estimate of drug-likeness (QED) is 0.552. The number of aliphatic carboxylic acids is 1. The van der Waals surface area contributed by atoms with Gasteiger partial charge in [0.1, 0.15) is 0 Å². The zero-order valence-corrected chi connectivity index (χ0v) is 11.6. The highest BCUT2D eigenvalue weighted by atomic mass is 32.2. The number of ether oxygens (including phenoxy) is 1. The Bertz CT molecular complexity index is 438. The minimum Gasteiger partial charge on any atom is -0.481 e. The smallest absolute Gasteiger partial charge is 0.308 e. The van der Waals surface area contributed by atoms with E-state index in [1.54, 1.807) is 0 Å². The van der Waals surface area contributed by atoms with E-state index in [9.17, 15) is 18.3 Å². The van der Waals surface area contributed by atoms with E-state index in [0.29, 0.717) is 0 Å². The van der Waals surface area contributed by atoms with Crippen molar-refractivity contribution in [3.8, 4) is 0 Å². The highest BCUT2D eigenvalue weighted by Gasteiger charge is 2.52. The lowest BCUT2D eigenvalue weighted by Gasteiger charge is -2.28. The van der Waals surface area contributed by atoms with Gasteiger partial charge in [-0.25, -0.2) is 0 Å². The van der Waals surface area contributed by atoms with Gasteiger partial charge in [0.15, 0.2) is 0 Å². The molecule has 19 heavy (non-hydrogen) atoms. The van der Waals surface area contributed by atoms with Crippen molar-refractivity contribution in [1.29, 1.82) is 0 Å². The summed E-state index contributed by atoms with van der Waals surface area (Å²) in [4.78, 5) is 11.3. The topological polar surface area (TPSA) is 105 Å². The number of carboxylic acid groups (broad SMARTS) is 1. The molecule has 8 heteroatoms. The Morgan fingerprint density at radius 3 is 2.68 bits per heavy atom. The molecule has 0 aliphatic heterocycles. The molecule has 2 rings (SSSR count). The molecule has 0 saturated heterocycles. The molecule has 0 heterocycles. The lowest BCUT2D eigenvalue weighted by atomic mass is 9.85. The van der Waals surface area contributed by atoms with Gasteiger partial charge in [0.25, 0.3) is 10.2 Å². The largest absolute Gasteiger partial charge is 0.481 e. The first-order chi connectivity index (χ1) is 8.94. The first-order valence-electron chi connectivity index (χ1n) is 6.43. The Morgan fingerprint density at radius 1 is 1.37 bits per heavy atom. The number of carboxylic acids is 1. The number of nitrogens with one attached hydrogen (secondary N) is 2. The molecule has 0 radical (unpaired) electrons. The predicted octanol–water partition coefficient (Wildman–Crippen LogP) is -0.444. The van der Waals surface area contributed by atoms with E-state index in [0.717, 1.165) is 19.3 Å². The minimum absolute atomic E-state index is 0.106. The van der Waals surface area contributed by atoms with Gasteiger partial charge in [-0.3, -0.25) is 4.79 Å². The third-order valence-corrected chi connectivity index (χ3v) is 5.26. The highest BCUT2D eigenvalue weighted by molar-refractivity contribution is 7.87. The monoisotopic (exact) mass is 292 g/mol. The Labute approximate surface area is 112 Å². The molecule has 2 aliphatic rings. The Morgan fingerprint density at radius 2 is 2.05 bits per heavy atom. The molecule has 3 N–H and O–H groups in total. The number of hydrogen-bond acceptors (Lipinski definition) is 4. The zero-order chi connectivity index (χ0) is 14.0. The van der Waals surface area contributed by atoms with E-state index in [4.69, 9.17) is 4.74 Å². The van der Waals surface area contributed by atoms with E-state index in [-0.39, 0.29) is 25.0 Å². The average molecular weight is 292 g/mol. The summed E-state index contributed by atoms with van der Waals surface area (Å²) in [7, 11) is -2.19. The van der Waals surface area contributed by atoms with Gasteiger partial charge in [0.2, 0.25) is 0 Å². The fourth-order valence-corrected chi connectivity index (χ4v) is 4.45. The molecule has 2 saturated carbocycles. The van der Waals surface area contributed by atoms with Crippen molar-refractivity contribution < 1.29 is 23.1 Å². The van der Waals surface area contributed by atoms with Crippen molar-refractivity contribution in [3.63, 3.8) is 0 Å². The van der Waals surface area contributed by atoms with Crippen LogP contribution in [0.15, 0.2) is 0 Å². The van der Waals surface area contributed by atoms with Gasteiger partial charge in [-0.05, 0) is 31.1 Å². The van der Waals surface area contributed by atoms with E-state index >= 15 is 0 Å². The minimum atomic E-state index is -3.67. The molecular formula is C11H20N2O5S. The van der Waals surface area contributed by atoms with Crippen LogP contribution in [-0.4, -0.2) is 45.8 Å². The van der Waals surface area contributed by atoms with Crippen molar-refractivity contribution in [2.24, 2.45) is 17.8 Å². The SMILES string of the molecule is COCCNS(=O)(=O)NC1C2CCC(C2)C1C(=O)O. The fourth-order valence-electron chi connectivity index (χ4n) is 3.32. The lowest BCUT2D eigenvalue weighted by Crippen LogP contribution is -2.50. The first kappa shape index (κ1) is 14.7. The third kappa shape index (κ3) is 3.25. The van der Waals surface area contributed by atoms with Crippen molar-refractivity contribution in [3.05, 3.63) is 0 Å². The molecule has 110 valence electrons. The Hall–Kier alpha value is -0.700. The van der Waals surface area contributed by atoms with Crippen molar-refractivity contribution in [2.45, 2.75) is 25.3 Å². The highest BCUT2D eigenvalue weighted by Crippen LogP contribution is 2.48. The van der Waals surface area contributed by atoms with Gasteiger partial charge >= 0.3 is 5.97 Å². The normalized spacial score (nSPS) is 33.7. The van der Waals surface area contributed by atoms with Crippen LogP contribution in [0.5, 0.6) is 0 Å². The number of carbonyl (C=O) groups is 1. The second-order valence-corrected chi connectivity index (χ2v) is 6.76. The summed E-state index contributed by atoms with van der Waals surface area (Å²) in [5, 5.41) is 9.24.